The summed E-state index contributed by atoms with van der Waals surface area (Å²) in [4.78, 5) is 13.8. The summed E-state index contributed by atoms with van der Waals surface area (Å²) < 4.78 is 10.9. The molecular formula is C26H28N6O2. The maximum atomic E-state index is 9.58. The number of morpholine rings is 2. The Morgan fingerprint density at radius 1 is 0.912 bits per heavy atom. The van der Waals surface area contributed by atoms with Crippen LogP contribution in [0.2, 0.25) is 0 Å². The Morgan fingerprint density at radius 2 is 1.65 bits per heavy atom. The average Bonchev–Trinajstić information content (AvgIpc) is 2.89. The van der Waals surface area contributed by atoms with Crippen molar-refractivity contribution in [2.45, 2.75) is 6.92 Å². The Morgan fingerprint density at radius 3 is 2.35 bits per heavy atom. The van der Waals surface area contributed by atoms with E-state index in [-0.39, 0.29) is 0 Å². The van der Waals surface area contributed by atoms with Crippen LogP contribution in [-0.4, -0.2) is 62.6 Å². The summed E-state index contributed by atoms with van der Waals surface area (Å²) >= 11 is 0. The molecule has 8 heteroatoms. The fourth-order valence-electron chi connectivity index (χ4n) is 4.43. The van der Waals surface area contributed by atoms with Gasteiger partial charge in [-0.2, -0.15) is 5.26 Å². The molecule has 3 heterocycles. The molecule has 2 aliphatic rings. The van der Waals surface area contributed by atoms with Gasteiger partial charge in [0, 0.05) is 55.0 Å². The monoisotopic (exact) mass is 456 g/mol. The molecule has 0 aliphatic carbocycles. The van der Waals surface area contributed by atoms with Crippen LogP contribution in [0.1, 0.15) is 11.1 Å². The second kappa shape index (κ2) is 10.1. The first-order valence-electron chi connectivity index (χ1n) is 11.6. The maximum absolute atomic E-state index is 9.58. The van der Waals surface area contributed by atoms with Crippen molar-refractivity contribution in [1.82, 2.24) is 9.97 Å². The molecular weight excluding hydrogens is 428 g/mol. The number of hydrogen-bond donors (Lipinski definition) is 1. The highest BCUT2D eigenvalue weighted by molar-refractivity contribution is 5.70. The molecule has 3 aromatic rings. The summed E-state index contributed by atoms with van der Waals surface area (Å²) in [6, 6.07) is 16.3. The standard InChI is InChI=1S/C26H28N6O2/c1-19-14-22(2-3-25(19)32-8-12-34-13-9-32)29-26-28-5-4-24(30-26)21-15-20(18-27)16-23(17-21)31-6-10-33-11-7-31/h2-5,14-17H,6-13H2,1H3,(H,28,29,30). The van der Waals surface area contributed by atoms with Crippen molar-refractivity contribution < 1.29 is 9.47 Å². The van der Waals surface area contributed by atoms with Crippen LogP contribution in [0.3, 0.4) is 0 Å². The number of benzene rings is 2. The fraction of sp³-hybridized carbons (Fsp3) is 0.346. The highest BCUT2D eigenvalue weighted by atomic mass is 16.5. The van der Waals surface area contributed by atoms with Crippen LogP contribution >= 0.6 is 0 Å². The Balaban J connectivity index is 1.38. The Labute approximate surface area is 199 Å². The molecule has 0 saturated carbocycles. The van der Waals surface area contributed by atoms with Crippen molar-refractivity contribution in [3.63, 3.8) is 0 Å². The van der Waals surface area contributed by atoms with Gasteiger partial charge in [-0.25, -0.2) is 9.97 Å². The molecule has 2 saturated heterocycles. The number of nitriles is 1. The SMILES string of the molecule is Cc1cc(Nc2nccc(-c3cc(C#N)cc(N4CCOCC4)c3)n2)ccc1N1CCOCC1. The van der Waals surface area contributed by atoms with E-state index in [9.17, 15) is 5.26 Å². The van der Waals surface area contributed by atoms with Gasteiger partial charge in [-0.3, -0.25) is 0 Å². The zero-order valence-corrected chi connectivity index (χ0v) is 19.3. The summed E-state index contributed by atoms with van der Waals surface area (Å²) in [6.45, 7) is 8.47. The van der Waals surface area contributed by atoms with Crippen molar-refractivity contribution in [1.29, 1.82) is 5.26 Å². The van der Waals surface area contributed by atoms with Crippen LogP contribution < -0.4 is 15.1 Å². The van der Waals surface area contributed by atoms with Gasteiger partial charge >= 0.3 is 0 Å². The number of aromatic nitrogens is 2. The minimum atomic E-state index is 0.520. The van der Waals surface area contributed by atoms with Crippen LogP contribution in [0.15, 0.2) is 48.7 Å². The number of aryl methyl sites for hydroxylation is 1. The zero-order chi connectivity index (χ0) is 23.3. The van der Waals surface area contributed by atoms with E-state index < -0.39 is 0 Å². The first-order chi connectivity index (χ1) is 16.7. The summed E-state index contributed by atoms with van der Waals surface area (Å²) in [5.41, 5.74) is 6.65. The lowest BCUT2D eigenvalue weighted by atomic mass is 10.1. The van der Waals surface area contributed by atoms with Crippen molar-refractivity contribution in [3.05, 3.63) is 59.8 Å². The van der Waals surface area contributed by atoms with Crippen LogP contribution in [0.5, 0.6) is 0 Å². The molecule has 0 atom stereocenters. The predicted molar refractivity (Wildman–Crippen MR) is 133 cm³/mol. The quantitative estimate of drug-likeness (QED) is 0.621. The van der Waals surface area contributed by atoms with Gasteiger partial charge in [0.2, 0.25) is 5.95 Å². The third kappa shape index (κ3) is 4.96. The number of nitrogens with zero attached hydrogens (tertiary/aromatic N) is 5. The summed E-state index contributed by atoms with van der Waals surface area (Å²) in [5.74, 6) is 0.520. The van der Waals surface area contributed by atoms with E-state index in [1.807, 2.05) is 18.2 Å². The molecule has 2 aromatic carbocycles. The third-order valence-corrected chi connectivity index (χ3v) is 6.18. The van der Waals surface area contributed by atoms with Crippen LogP contribution in [-0.2, 0) is 9.47 Å². The normalized spacial score (nSPS) is 16.2. The topological polar surface area (TPSA) is 86.5 Å². The smallest absolute Gasteiger partial charge is 0.227 e. The zero-order valence-electron chi connectivity index (χ0n) is 19.3. The van der Waals surface area contributed by atoms with Crippen molar-refractivity contribution in [2.24, 2.45) is 0 Å². The van der Waals surface area contributed by atoms with E-state index in [4.69, 9.17) is 14.5 Å². The highest BCUT2D eigenvalue weighted by Crippen LogP contribution is 2.28. The third-order valence-electron chi connectivity index (χ3n) is 6.18. The van der Waals surface area contributed by atoms with Gasteiger partial charge in [0.15, 0.2) is 0 Å². The lowest BCUT2D eigenvalue weighted by Gasteiger charge is -2.30. The molecule has 174 valence electrons. The molecule has 0 unspecified atom stereocenters. The van der Waals surface area contributed by atoms with E-state index in [1.165, 1.54) is 11.3 Å². The predicted octanol–water partition coefficient (Wildman–Crippen LogP) is 3.74. The van der Waals surface area contributed by atoms with Gasteiger partial charge in [0.25, 0.3) is 0 Å². The number of ether oxygens (including phenoxy) is 2. The summed E-state index contributed by atoms with van der Waals surface area (Å²) in [6.07, 6.45) is 1.74. The Bertz CT molecular complexity index is 1200. The van der Waals surface area contributed by atoms with Gasteiger partial charge in [-0.15, -0.1) is 0 Å². The van der Waals surface area contributed by atoms with Crippen LogP contribution in [0.25, 0.3) is 11.3 Å². The molecule has 0 amide bonds. The molecule has 8 nitrogen and oxygen atoms in total. The molecule has 34 heavy (non-hydrogen) atoms. The molecule has 0 bridgehead atoms. The second-order valence-corrected chi connectivity index (χ2v) is 8.47. The minimum Gasteiger partial charge on any atom is -0.378 e. The highest BCUT2D eigenvalue weighted by Gasteiger charge is 2.15. The second-order valence-electron chi connectivity index (χ2n) is 8.47. The van der Waals surface area contributed by atoms with Crippen molar-refractivity contribution in [3.8, 4) is 17.3 Å². The van der Waals surface area contributed by atoms with Gasteiger partial charge < -0.3 is 24.6 Å². The number of nitrogens with one attached hydrogen (secondary N) is 1. The van der Waals surface area contributed by atoms with E-state index >= 15 is 0 Å². The van der Waals surface area contributed by atoms with E-state index in [0.717, 1.165) is 62.0 Å². The van der Waals surface area contributed by atoms with Gasteiger partial charge in [-0.05, 0) is 55.0 Å². The summed E-state index contributed by atoms with van der Waals surface area (Å²) in [5, 5.41) is 12.9. The number of rotatable bonds is 5. The average molecular weight is 457 g/mol. The van der Waals surface area contributed by atoms with Crippen molar-refractivity contribution >= 4 is 23.0 Å². The Kier molecular flexibility index (Phi) is 6.56. The van der Waals surface area contributed by atoms with Gasteiger partial charge in [-0.1, -0.05) is 0 Å². The first kappa shape index (κ1) is 22.1. The lowest BCUT2D eigenvalue weighted by Crippen LogP contribution is -2.36. The fourth-order valence-corrected chi connectivity index (χ4v) is 4.43. The lowest BCUT2D eigenvalue weighted by molar-refractivity contribution is 0.122. The van der Waals surface area contributed by atoms with E-state index in [1.54, 1.807) is 6.20 Å². The van der Waals surface area contributed by atoms with Crippen LogP contribution in [0.4, 0.5) is 23.0 Å². The number of hydrogen-bond acceptors (Lipinski definition) is 8. The van der Waals surface area contributed by atoms with Crippen LogP contribution in [0, 0.1) is 18.3 Å². The Hall–Kier alpha value is -3.67. The largest absolute Gasteiger partial charge is 0.378 e. The molecule has 2 fully saturated rings. The van der Waals surface area contributed by atoms with Crippen molar-refractivity contribution in [2.75, 3.05) is 67.7 Å². The maximum Gasteiger partial charge on any atom is 0.227 e. The molecule has 5 rings (SSSR count). The van der Waals surface area contributed by atoms with Gasteiger partial charge in [0.1, 0.15) is 0 Å². The first-order valence-corrected chi connectivity index (χ1v) is 11.6. The molecule has 0 spiro atoms. The minimum absolute atomic E-state index is 0.520. The molecule has 2 aliphatic heterocycles. The van der Waals surface area contributed by atoms with E-state index in [2.05, 4.69) is 57.4 Å². The molecule has 1 aromatic heterocycles. The number of anilines is 4. The summed E-state index contributed by atoms with van der Waals surface area (Å²) in [7, 11) is 0. The van der Waals surface area contributed by atoms with E-state index in [0.29, 0.717) is 24.7 Å². The molecule has 1 N–H and O–H groups in total. The molecule has 0 radical (unpaired) electrons. The van der Waals surface area contributed by atoms with Gasteiger partial charge in [0.05, 0.1) is 43.8 Å².